The molecule has 1 amide bonds. The lowest BCUT2D eigenvalue weighted by molar-refractivity contribution is -0.122. The zero-order chi connectivity index (χ0) is 21.5. The van der Waals surface area contributed by atoms with Gasteiger partial charge in [-0.25, -0.2) is 18.9 Å². The number of rotatable bonds is 5. The third kappa shape index (κ3) is 3.67. The van der Waals surface area contributed by atoms with Crippen LogP contribution in [-0.2, 0) is 17.9 Å². The zero-order valence-corrected chi connectivity index (χ0v) is 18.3. The Labute approximate surface area is 182 Å². The Kier molecular flexibility index (Phi) is 4.93. The van der Waals surface area contributed by atoms with E-state index >= 15 is 0 Å². The summed E-state index contributed by atoms with van der Waals surface area (Å²) in [6.45, 7) is 6.32. The van der Waals surface area contributed by atoms with E-state index in [4.69, 9.17) is 0 Å². The molecule has 1 aromatic carbocycles. The minimum absolute atomic E-state index is 0.148. The van der Waals surface area contributed by atoms with E-state index < -0.39 is 0 Å². The topological polar surface area (TPSA) is 97.4 Å². The van der Waals surface area contributed by atoms with E-state index in [9.17, 15) is 9.59 Å². The van der Waals surface area contributed by atoms with Gasteiger partial charge >= 0.3 is 5.69 Å². The van der Waals surface area contributed by atoms with Crippen LogP contribution in [0.25, 0.3) is 16.0 Å². The largest absolute Gasteiger partial charge is 0.352 e. The molecule has 0 aliphatic carbocycles. The summed E-state index contributed by atoms with van der Waals surface area (Å²) < 4.78 is 3.32. The van der Waals surface area contributed by atoms with E-state index in [-0.39, 0.29) is 18.1 Å². The quantitative estimate of drug-likeness (QED) is 0.513. The van der Waals surface area contributed by atoms with Gasteiger partial charge in [0.05, 0.1) is 0 Å². The van der Waals surface area contributed by atoms with E-state index in [1.807, 2.05) is 19.1 Å². The van der Waals surface area contributed by atoms with Crippen molar-refractivity contribution in [1.82, 2.24) is 29.5 Å². The van der Waals surface area contributed by atoms with Crippen LogP contribution in [0.2, 0.25) is 0 Å². The van der Waals surface area contributed by atoms with Gasteiger partial charge in [0.2, 0.25) is 5.91 Å². The molecule has 1 aliphatic heterocycles. The molecule has 10 heteroatoms. The molecular formula is C21H23N7O2S. The molecule has 0 spiro atoms. The summed E-state index contributed by atoms with van der Waals surface area (Å²) in [5.74, 6) is -0.269. The first kappa shape index (κ1) is 19.7. The molecule has 0 saturated carbocycles. The van der Waals surface area contributed by atoms with Crippen molar-refractivity contribution in [3.05, 3.63) is 51.7 Å². The normalized spacial score (nSPS) is 14.1. The van der Waals surface area contributed by atoms with Gasteiger partial charge in [0.15, 0.2) is 16.4 Å². The second-order valence-corrected chi connectivity index (χ2v) is 8.89. The van der Waals surface area contributed by atoms with Crippen LogP contribution in [0.3, 0.4) is 0 Å². The van der Waals surface area contributed by atoms with Crippen LogP contribution in [0.1, 0.15) is 29.5 Å². The first-order chi connectivity index (χ1) is 15.0. The van der Waals surface area contributed by atoms with Gasteiger partial charge in [-0.3, -0.25) is 4.79 Å². The number of carbonyl (C=O) groups excluding carboxylic acids is 1. The summed E-state index contributed by atoms with van der Waals surface area (Å²) in [6.07, 6.45) is 3.75. The molecular weight excluding hydrogens is 414 g/mol. The summed E-state index contributed by atoms with van der Waals surface area (Å²) in [4.78, 5) is 36.4. The summed E-state index contributed by atoms with van der Waals surface area (Å²) in [5, 5.41) is 8.19. The SMILES string of the molecule is Cc1ccc(CNC(=O)Cn2nc3c4sc(N5CCCC5)nc4ncn3c2=O)cc1C. The number of aryl methyl sites for hydroxylation is 2. The fourth-order valence-electron chi connectivity index (χ4n) is 3.78. The van der Waals surface area contributed by atoms with Gasteiger partial charge in [-0.1, -0.05) is 29.5 Å². The molecule has 1 saturated heterocycles. The van der Waals surface area contributed by atoms with Gasteiger partial charge in [-0.05, 0) is 43.4 Å². The molecule has 160 valence electrons. The lowest BCUT2D eigenvalue weighted by Gasteiger charge is -2.11. The molecule has 1 N–H and O–H groups in total. The van der Waals surface area contributed by atoms with E-state index in [0.717, 1.165) is 41.3 Å². The van der Waals surface area contributed by atoms with Crippen LogP contribution in [0.4, 0.5) is 5.13 Å². The molecule has 0 atom stereocenters. The molecule has 4 heterocycles. The van der Waals surface area contributed by atoms with Gasteiger partial charge in [-0.15, -0.1) is 5.10 Å². The molecule has 1 aliphatic rings. The monoisotopic (exact) mass is 437 g/mol. The Balaban J connectivity index is 1.37. The van der Waals surface area contributed by atoms with Crippen molar-refractivity contribution < 1.29 is 4.79 Å². The predicted octanol–water partition coefficient (Wildman–Crippen LogP) is 2.03. The average Bonchev–Trinajstić information content (AvgIpc) is 3.48. The number of hydrogen-bond donors (Lipinski definition) is 1. The van der Waals surface area contributed by atoms with Crippen molar-refractivity contribution in [2.75, 3.05) is 18.0 Å². The van der Waals surface area contributed by atoms with Crippen LogP contribution in [-0.4, -0.2) is 43.1 Å². The molecule has 0 radical (unpaired) electrons. The second-order valence-electron chi connectivity index (χ2n) is 7.92. The summed E-state index contributed by atoms with van der Waals surface area (Å²) >= 11 is 1.49. The molecule has 31 heavy (non-hydrogen) atoms. The second kappa shape index (κ2) is 7.77. The van der Waals surface area contributed by atoms with Crippen LogP contribution < -0.4 is 15.9 Å². The number of aromatic nitrogens is 5. The molecule has 0 bridgehead atoms. The fourth-order valence-corrected chi connectivity index (χ4v) is 4.82. The Morgan fingerprint density at radius 3 is 2.77 bits per heavy atom. The smallest absolute Gasteiger partial charge is 0.350 e. The Hall–Kier alpha value is -3.27. The number of amides is 1. The highest BCUT2D eigenvalue weighted by Crippen LogP contribution is 2.31. The van der Waals surface area contributed by atoms with Gasteiger partial charge < -0.3 is 10.2 Å². The van der Waals surface area contributed by atoms with Crippen molar-refractivity contribution in [1.29, 1.82) is 0 Å². The molecule has 9 nitrogen and oxygen atoms in total. The highest BCUT2D eigenvalue weighted by atomic mass is 32.1. The van der Waals surface area contributed by atoms with E-state index in [0.29, 0.717) is 17.8 Å². The Morgan fingerprint density at radius 2 is 2.00 bits per heavy atom. The summed E-state index contributed by atoms with van der Waals surface area (Å²) in [5.41, 5.74) is 4.08. The minimum Gasteiger partial charge on any atom is -0.350 e. The maximum absolute atomic E-state index is 12.7. The number of carbonyl (C=O) groups is 1. The molecule has 0 unspecified atom stereocenters. The molecule has 5 rings (SSSR count). The van der Waals surface area contributed by atoms with Crippen molar-refractivity contribution in [3.8, 4) is 0 Å². The first-order valence-corrected chi connectivity index (χ1v) is 11.1. The van der Waals surface area contributed by atoms with Crippen molar-refractivity contribution >= 4 is 38.4 Å². The van der Waals surface area contributed by atoms with Gasteiger partial charge in [0, 0.05) is 19.6 Å². The number of anilines is 1. The van der Waals surface area contributed by atoms with Crippen LogP contribution in [0.15, 0.2) is 29.3 Å². The summed E-state index contributed by atoms with van der Waals surface area (Å²) in [6, 6.07) is 6.08. The number of hydrogen-bond acceptors (Lipinski definition) is 7. The Bertz CT molecular complexity index is 1350. The zero-order valence-electron chi connectivity index (χ0n) is 17.5. The van der Waals surface area contributed by atoms with E-state index in [1.165, 1.54) is 37.9 Å². The average molecular weight is 438 g/mol. The van der Waals surface area contributed by atoms with E-state index in [1.54, 1.807) is 0 Å². The lowest BCUT2D eigenvalue weighted by Crippen LogP contribution is -2.32. The first-order valence-electron chi connectivity index (χ1n) is 10.3. The van der Waals surface area contributed by atoms with Crippen molar-refractivity contribution in [3.63, 3.8) is 0 Å². The Morgan fingerprint density at radius 1 is 1.19 bits per heavy atom. The standard InChI is InChI=1S/C21H23N7O2S/c1-13-5-6-15(9-14(13)2)10-22-16(29)11-28-21(30)27-12-23-18-17(19(27)25-28)31-20(24-18)26-7-3-4-8-26/h5-6,9,12H,3-4,7-8,10-11H2,1-2H3,(H,22,29). The maximum atomic E-state index is 12.7. The highest BCUT2D eigenvalue weighted by molar-refractivity contribution is 7.22. The van der Waals surface area contributed by atoms with Crippen LogP contribution in [0.5, 0.6) is 0 Å². The van der Waals surface area contributed by atoms with Gasteiger partial charge in [0.1, 0.15) is 17.6 Å². The number of thiazole rings is 1. The number of nitrogens with zero attached hydrogens (tertiary/aromatic N) is 6. The molecule has 1 fully saturated rings. The maximum Gasteiger partial charge on any atom is 0.352 e. The molecule has 4 aromatic rings. The summed E-state index contributed by atoms with van der Waals surface area (Å²) in [7, 11) is 0. The van der Waals surface area contributed by atoms with Crippen molar-refractivity contribution in [2.24, 2.45) is 0 Å². The molecule has 3 aromatic heterocycles. The van der Waals surface area contributed by atoms with E-state index in [2.05, 4.69) is 38.3 Å². The fraction of sp³-hybridized carbons (Fsp3) is 0.381. The minimum atomic E-state index is -0.387. The van der Waals surface area contributed by atoms with Crippen LogP contribution in [0, 0.1) is 13.8 Å². The van der Waals surface area contributed by atoms with Gasteiger partial charge in [0.25, 0.3) is 0 Å². The van der Waals surface area contributed by atoms with Crippen molar-refractivity contribution in [2.45, 2.75) is 39.8 Å². The number of benzene rings is 1. The third-order valence-corrected chi connectivity index (χ3v) is 6.80. The highest BCUT2D eigenvalue weighted by Gasteiger charge is 2.20. The van der Waals surface area contributed by atoms with Gasteiger partial charge in [-0.2, -0.15) is 4.98 Å². The third-order valence-electron chi connectivity index (χ3n) is 5.70. The predicted molar refractivity (Wildman–Crippen MR) is 120 cm³/mol. The number of fused-ring (bicyclic) bond motifs is 3. The van der Waals surface area contributed by atoms with Crippen LogP contribution >= 0.6 is 11.3 Å². The lowest BCUT2D eigenvalue weighted by atomic mass is 10.1. The number of nitrogens with one attached hydrogen (secondary N) is 1.